The average Bonchev–Trinajstić information content (AvgIpc) is 3.17. The molecule has 0 spiro atoms. The topological polar surface area (TPSA) is 41.3 Å². The zero-order valence-electron chi connectivity index (χ0n) is 11.0. The van der Waals surface area contributed by atoms with Crippen LogP contribution in [-0.4, -0.2) is 38.8 Å². The quantitative estimate of drug-likeness (QED) is 0.912. The Labute approximate surface area is 117 Å². The van der Waals surface area contributed by atoms with Crippen LogP contribution in [0.1, 0.15) is 18.7 Å². The van der Waals surface area contributed by atoms with E-state index in [1.165, 1.54) is 12.8 Å². The summed E-state index contributed by atoms with van der Waals surface area (Å²) in [5.41, 5.74) is 2.03. The highest BCUT2D eigenvalue weighted by Gasteiger charge is 2.29. The molecule has 1 aliphatic rings. The summed E-state index contributed by atoms with van der Waals surface area (Å²) >= 11 is 6.00. The van der Waals surface area contributed by atoms with Crippen molar-refractivity contribution < 1.29 is 5.11 Å². The molecule has 1 N–H and O–H groups in total. The second-order valence-electron chi connectivity index (χ2n) is 5.15. The van der Waals surface area contributed by atoms with E-state index in [2.05, 4.69) is 14.5 Å². The molecule has 5 heteroatoms. The molecule has 3 rings (SSSR count). The van der Waals surface area contributed by atoms with Crippen molar-refractivity contribution in [3.8, 4) is 0 Å². The second-order valence-corrected chi connectivity index (χ2v) is 5.58. The highest BCUT2D eigenvalue weighted by molar-refractivity contribution is 6.31. The van der Waals surface area contributed by atoms with Crippen molar-refractivity contribution in [1.29, 1.82) is 0 Å². The Hall–Kier alpha value is -1.10. The molecule has 1 aromatic heterocycles. The maximum absolute atomic E-state index is 9.15. The number of rotatable bonds is 5. The van der Waals surface area contributed by atoms with Crippen molar-refractivity contribution >= 4 is 22.6 Å². The first-order valence-electron chi connectivity index (χ1n) is 6.65. The highest BCUT2D eigenvalue weighted by Crippen LogP contribution is 2.28. The number of aromatic nitrogens is 2. The van der Waals surface area contributed by atoms with Crippen LogP contribution < -0.4 is 0 Å². The number of aryl methyl sites for hydroxylation is 1. The third kappa shape index (κ3) is 2.61. The van der Waals surface area contributed by atoms with Crippen LogP contribution in [0.25, 0.3) is 11.0 Å². The summed E-state index contributed by atoms with van der Waals surface area (Å²) in [4.78, 5) is 6.97. The van der Waals surface area contributed by atoms with Crippen LogP contribution in [0.5, 0.6) is 0 Å². The lowest BCUT2D eigenvalue weighted by atomic mass is 10.3. The number of benzene rings is 1. The van der Waals surface area contributed by atoms with E-state index in [0.29, 0.717) is 17.6 Å². The van der Waals surface area contributed by atoms with Gasteiger partial charge in [0.15, 0.2) is 0 Å². The van der Waals surface area contributed by atoms with Gasteiger partial charge in [0.25, 0.3) is 0 Å². The van der Waals surface area contributed by atoms with Crippen LogP contribution in [-0.2, 0) is 13.6 Å². The van der Waals surface area contributed by atoms with Gasteiger partial charge in [0.1, 0.15) is 5.82 Å². The standard InChI is InChI=1S/C14H18ClN3O/c1-17-13-5-2-10(15)8-12(13)16-14(17)9-18(6-7-19)11-3-4-11/h2,5,8,11,19H,3-4,6-7,9H2,1H3. The van der Waals surface area contributed by atoms with E-state index in [1.54, 1.807) is 0 Å². The molecule has 4 nitrogen and oxygen atoms in total. The van der Waals surface area contributed by atoms with Gasteiger partial charge in [-0.25, -0.2) is 4.98 Å². The Balaban J connectivity index is 1.89. The molecule has 0 amide bonds. The fraction of sp³-hybridized carbons (Fsp3) is 0.500. The van der Waals surface area contributed by atoms with Crippen LogP contribution in [0.4, 0.5) is 0 Å². The number of aliphatic hydroxyl groups excluding tert-OH is 1. The van der Waals surface area contributed by atoms with Gasteiger partial charge in [-0.15, -0.1) is 0 Å². The molecule has 0 aliphatic heterocycles. The lowest BCUT2D eigenvalue weighted by Crippen LogP contribution is -2.29. The fourth-order valence-electron chi connectivity index (χ4n) is 2.50. The summed E-state index contributed by atoms with van der Waals surface area (Å²) in [5.74, 6) is 1.03. The highest BCUT2D eigenvalue weighted by atomic mass is 35.5. The summed E-state index contributed by atoms with van der Waals surface area (Å²) in [6, 6.07) is 6.41. The lowest BCUT2D eigenvalue weighted by Gasteiger charge is -2.20. The first kappa shape index (κ1) is 12.9. The third-order valence-electron chi connectivity index (χ3n) is 3.73. The molecule has 102 valence electrons. The van der Waals surface area contributed by atoms with Crippen LogP contribution >= 0.6 is 11.6 Å². The number of hydrogen-bond acceptors (Lipinski definition) is 3. The van der Waals surface area contributed by atoms with E-state index in [-0.39, 0.29) is 6.61 Å². The summed E-state index contributed by atoms with van der Waals surface area (Å²) in [7, 11) is 2.03. The number of halogens is 1. The van der Waals surface area contributed by atoms with Gasteiger partial charge in [-0.05, 0) is 31.0 Å². The Morgan fingerprint density at radius 2 is 2.26 bits per heavy atom. The van der Waals surface area contributed by atoms with E-state index < -0.39 is 0 Å². The van der Waals surface area contributed by atoms with E-state index in [9.17, 15) is 0 Å². The molecule has 0 unspecified atom stereocenters. The number of fused-ring (bicyclic) bond motifs is 1. The van der Waals surface area contributed by atoms with Crippen LogP contribution in [0.3, 0.4) is 0 Å². The third-order valence-corrected chi connectivity index (χ3v) is 3.97. The van der Waals surface area contributed by atoms with Gasteiger partial charge in [-0.1, -0.05) is 11.6 Å². The minimum absolute atomic E-state index is 0.201. The minimum Gasteiger partial charge on any atom is -0.395 e. The van der Waals surface area contributed by atoms with E-state index >= 15 is 0 Å². The largest absolute Gasteiger partial charge is 0.395 e. The van der Waals surface area contributed by atoms with Gasteiger partial charge in [0.05, 0.1) is 24.2 Å². The summed E-state index contributed by atoms with van der Waals surface area (Å²) in [6.45, 7) is 1.70. The van der Waals surface area contributed by atoms with Gasteiger partial charge in [0.2, 0.25) is 0 Å². The predicted octanol–water partition coefficient (Wildman–Crippen LogP) is 2.18. The molecule has 0 atom stereocenters. The molecule has 2 aromatic rings. The van der Waals surface area contributed by atoms with Crippen molar-refractivity contribution in [3.05, 3.63) is 29.0 Å². The molecule has 1 saturated carbocycles. The maximum atomic E-state index is 9.15. The maximum Gasteiger partial charge on any atom is 0.123 e. The Morgan fingerprint density at radius 1 is 1.47 bits per heavy atom. The molecule has 1 aromatic carbocycles. The summed E-state index contributed by atoms with van der Waals surface area (Å²) in [5, 5.41) is 9.86. The van der Waals surface area contributed by atoms with Crippen molar-refractivity contribution in [2.24, 2.45) is 7.05 Å². The number of nitrogens with zero attached hydrogens (tertiary/aromatic N) is 3. The normalized spacial score (nSPS) is 15.6. The minimum atomic E-state index is 0.201. The van der Waals surface area contributed by atoms with Gasteiger partial charge in [-0.3, -0.25) is 4.90 Å². The fourth-order valence-corrected chi connectivity index (χ4v) is 2.67. The van der Waals surface area contributed by atoms with Gasteiger partial charge in [-0.2, -0.15) is 0 Å². The zero-order valence-corrected chi connectivity index (χ0v) is 11.8. The van der Waals surface area contributed by atoms with Crippen molar-refractivity contribution in [3.63, 3.8) is 0 Å². The van der Waals surface area contributed by atoms with Gasteiger partial charge < -0.3 is 9.67 Å². The molecular formula is C14H18ClN3O. The average molecular weight is 280 g/mol. The second kappa shape index (κ2) is 5.12. The van der Waals surface area contributed by atoms with E-state index in [1.807, 2.05) is 25.2 Å². The Morgan fingerprint density at radius 3 is 2.95 bits per heavy atom. The molecular weight excluding hydrogens is 262 g/mol. The summed E-state index contributed by atoms with van der Waals surface area (Å²) < 4.78 is 2.11. The van der Waals surface area contributed by atoms with E-state index in [0.717, 1.165) is 23.4 Å². The monoisotopic (exact) mass is 279 g/mol. The lowest BCUT2D eigenvalue weighted by molar-refractivity contribution is 0.179. The van der Waals surface area contributed by atoms with Crippen molar-refractivity contribution in [2.75, 3.05) is 13.2 Å². The molecule has 1 aliphatic carbocycles. The van der Waals surface area contributed by atoms with E-state index in [4.69, 9.17) is 16.7 Å². The molecule has 0 bridgehead atoms. The molecule has 1 fully saturated rings. The Bertz CT molecular complexity index is 592. The SMILES string of the molecule is Cn1c(CN(CCO)C2CC2)nc2cc(Cl)ccc21. The predicted molar refractivity (Wildman–Crippen MR) is 76.2 cm³/mol. The molecule has 19 heavy (non-hydrogen) atoms. The zero-order chi connectivity index (χ0) is 13.4. The van der Waals surface area contributed by atoms with Crippen molar-refractivity contribution in [2.45, 2.75) is 25.4 Å². The van der Waals surface area contributed by atoms with Gasteiger partial charge in [0, 0.05) is 24.7 Å². The van der Waals surface area contributed by atoms with Crippen LogP contribution in [0, 0.1) is 0 Å². The molecule has 0 radical (unpaired) electrons. The smallest absolute Gasteiger partial charge is 0.123 e. The van der Waals surface area contributed by atoms with Crippen LogP contribution in [0.15, 0.2) is 18.2 Å². The number of hydrogen-bond donors (Lipinski definition) is 1. The Kier molecular flexibility index (Phi) is 3.48. The van der Waals surface area contributed by atoms with Crippen molar-refractivity contribution in [1.82, 2.24) is 14.5 Å². The first-order chi connectivity index (χ1) is 9.19. The molecule has 1 heterocycles. The van der Waals surface area contributed by atoms with Gasteiger partial charge >= 0.3 is 0 Å². The van der Waals surface area contributed by atoms with Crippen LogP contribution in [0.2, 0.25) is 5.02 Å². The first-order valence-corrected chi connectivity index (χ1v) is 7.02. The number of imidazole rings is 1. The summed E-state index contributed by atoms with van der Waals surface area (Å²) in [6.07, 6.45) is 2.46. The molecule has 0 saturated heterocycles. The number of aliphatic hydroxyl groups is 1.